The predicted octanol–water partition coefficient (Wildman–Crippen LogP) is 1.54. The molecule has 0 aromatic heterocycles. The van der Waals surface area contributed by atoms with Gasteiger partial charge in [0.25, 0.3) is 0 Å². The average Bonchev–Trinajstić information content (AvgIpc) is 2.22. The topological polar surface area (TPSA) is 69.6 Å². The molecule has 0 aromatic rings. The smallest absolute Gasteiger partial charge is 0.317 e. The zero-order valence-electron chi connectivity index (χ0n) is 10.5. The molecule has 2 amide bonds. The highest BCUT2D eigenvalue weighted by molar-refractivity contribution is 5.75. The lowest BCUT2D eigenvalue weighted by atomic mass is 9.90. The van der Waals surface area contributed by atoms with E-state index in [1.54, 1.807) is 7.05 Å². The normalized spacial score (nSPS) is 11.0. The van der Waals surface area contributed by atoms with Gasteiger partial charge in [0.15, 0.2) is 0 Å². The summed E-state index contributed by atoms with van der Waals surface area (Å²) >= 11 is 0. The summed E-state index contributed by atoms with van der Waals surface area (Å²) in [7, 11) is 1.59. The number of carbonyl (C=O) groups is 2. The van der Waals surface area contributed by atoms with Crippen molar-refractivity contribution in [2.45, 2.75) is 33.6 Å². The number of nitrogens with zero attached hydrogens (tertiary/aromatic N) is 1. The van der Waals surface area contributed by atoms with Gasteiger partial charge in [-0.25, -0.2) is 4.79 Å². The zero-order valence-corrected chi connectivity index (χ0v) is 10.5. The van der Waals surface area contributed by atoms with Gasteiger partial charge in [-0.1, -0.05) is 20.8 Å². The molecule has 0 rings (SSSR count). The summed E-state index contributed by atoms with van der Waals surface area (Å²) in [5.41, 5.74) is 0.0727. The van der Waals surface area contributed by atoms with Crippen molar-refractivity contribution >= 4 is 12.0 Å². The standard InChI is InChI=1S/C11H22N2O3/c1-5-11(2,3)8-12-10(16)13(4)7-6-9(14)15/h5-8H2,1-4H3,(H,12,16)(H,14,15). The third kappa shape index (κ3) is 6.27. The van der Waals surface area contributed by atoms with Crippen molar-refractivity contribution in [3.05, 3.63) is 0 Å². The molecule has 5 heteroatoms. The lowest BCUT2D eigenvalue weighted by Crippen LogP contribution is -2.42. The molecule has 0 fully saturated rings. The quantitative estimate of drug-likeness (QED) is 0.727. The van der Waals surface area contributed by atoms with Crippen molar-refractivity contribution in [2.75, 3.05) is 20.1 Å². The monoisotopic (exact) mass is 230 g/mol. The van der Waals surface area contributed by atoms with Crippen molar-refractivity contribution < 1.29 is 14.7 Å². The van der Waals surface area contributed by atoms with E-state index in [1.165, 1.54) is 4.90 Å². The van der Waals surface area contributed by atoms with Crippen LogP contribution in [0, 0.1) is 5.41 Å². The van der Waals surface area contributed by atoms with Crippen LogP contribution in [0.5, 0.6) is 0 Å². The second kappa shape index (κ2) is 6.35. The molecule has 0 unspecified atom stereocenters. The van der Waals surface area contributed by atoms with Crippen LogP contribution in [0.3, 0.4) is 0 Å². The van der Waals surface area contributed by atoms with Gasteiger partial charge in [0.1, 0.15) is 0 Å². The highest BCUT2D eigenvalue weighted by Crippen LogP contribution is 2.17. The minimum absolute atomic E-state index is 0.0267. The third-order valence-electron chi connectivity index (χ3n) is 2.68. The number of nitrogens with one attached hydrogen (secondary N) is 1. The lowest BCUT2D eigenvalue weighted by molar-refractivity contribution is -0.137. The fourth-order valence-corrected chi connectivity index (χ4v) is 0.940. The molecule has 0 radical (unpaired) electrons. The molecule has 0 bridgehead atoms. The maximum Gasteiger partial charge on any atom is 0.317 e. The number of amides is 2. The van der Waals surface area contributed by atoms with E-state index in [-0.39, 0.29) is 24.4 Å². The van der Waals surface area contributed by atoms with Crippen LogP contribution in [0.4, 0.5) is 4.79 Å². The van der Waals surface area contributed by atoms with Crippen molar-refractivity contribution in [1.29, 1.82) is 0 Å². The van der Waals surface area contributed by atoms with E-state index < -0.39 is 5.97 Å². The van der Waals surface area contributed by atoms with E-state index in [0.717, 1.165) is 6.42 Å². The molecule has 0 aromatic carbocycles. The minimum Gasteiger partial charge on any atom is -0.481 e. The number of carboxylic acid groups (broad SMARTS) is 1. The van der Waals surface area contributed by atoms with E-state index in [9.17, 15) is 9.59 Å². The Morgan fingerprint density at radius 3 is 2.38 bits per heavy atom. The van der Waals surface area contributed by atoms with Gasteiger partial charge in [-0.2, -0.15) is 0 Å². The van der Waals surface area contributed by atoms with Gasteiger partial charge in [-0.15, -0.1) is 0 Å². The molecule has 0 saturated heterocycles. The van der Waals surface area contributed by atoms with Gasteiger partial charge in [0, 0.05) is 20.1 Å². The summed E-state index contributed by atoms with van der Waals surface area (Å²) in [4.78, 5) is 23.3. The highest BCUT2D eigenvalue weighted by Gasteiger charge is 2.17. The van der Waals surface area contributed by atoms with Gasteiger partial charge in [0.2, 0.25) is 0 Å². The molecule has 0 saturated carbocycles. The van der Waals surface area contributed by atoms with Gasteiger partial charge >= 0.3 is 12.0 Å². The second-order valence-corrected chi connectivity index (χ2v) is 4.74. The Morgan fingerprint density at radius 1 is 1.38 bits per heavy atom. The van der Waals surface area contributed by atoms with Crippen LogP contribution < -0.4 is 5.32 Å². The Balaban J connectivity index is 3.92. The van der Waals surface area contributed by atoms with Crippen LogP contribution in [0.15, 0.2) is 0 Å². The summed E-state index contributed by atoms with van der Waals surface area (Å²) in [5, 5.41) is 11.3. The number of aliphatic carboxylic acids is 1. The maximum atomic E-state index is 11.5. The molecular formula is C11H22N2O3. The molecule has 16 heavy (non-hydrogen) atoms. The summed E-state index contributed by atoms with van der Waals surface area (Å²) in [6.45, 7) is 7.04. The first-order chi connectivity index (χ1) is 7.28. The minimum atomic E-state index is -0.895. The Hall–Kier alpha value is -1.26. The fourth-order valence-electron chi connectivity index (χ4n) is 0.940. The molecule has 5 nitrogen and oxygen atoms in total. The Kier molecular flexibility index (Phi) is 5.85. The van der Waals surface area contributed by atoms with E-state index in [2.05, 4.69) is 26.1 Å². The molecule has 0 aliphatic carbocycles. The zero-order chi connectivity index (χ0) is 12.8. The largest absolute Gasteiger partial charge is 0.481 e. The molecule has 0 aliphatic rings. The Bertz CT molecular complexity index is 252. The molecule has 94 valence electrons. The van der Waals surface area contributed by atoms with Crippen LogP contribution in [-0.2, 0) is 4.79 Å². The van der Waals surface area contributed by atoms with Crippen molar-refractivity contribution in [3.8, 4) is 0 Å². The summed E-state index contributed by atoms with van der Waals surface area (Å²) in [5.74, 6) is -0.895. The van der Waals surface area contributed by atoms with Crippen LogP contribution in [-0.4, -0.2) is 42.1 Å². The number of carboxylic acids is 1. The van der Waals surface area contributed by atoms with Crippen molar-refractivity contribution in [1.82, 2.24) is 10.2 Å². The van der Waals surface area contributed by atoms with E-state index in [0.29, 0.717) is 6.54 Å². The molecule has 0 aliphatic heterocycles. The fraction of sp³-hybridized carbons (Fsp3) is 0.818. The average molecular weight is 230 g/mol. The van der Waals surface area contributed by atoms with Gasteiger partial charge in [-0.3, -0.25) is 4.79 Å². The molecule has 0 atom stereocenters. The number of urea groups is 1. The first-order valence-corrected chi connectivity index (χ1v) is 5.49. The highest BCUT2D eigenvalue weighted by atomic mass is 16.4. The first kappa shape index (κ1) is 14.7. The molecule has 0 heterocycles. The predicted molar refractivity (Wildman–Crippen MR) is 62.4 cm³/mol. The molecular weight excluding hydrogens is 208 g/mol. The van der Waals surface area contributed by atoms with Crippen LogP contribution in [0.25, 0.3) is 0 Å². The lowest BCUT2D eigenvalue weighted by Gasteiger charge is -2.25. The second-order valence-electron chi connectivity index (χ2n) is 4.74. The first-order valence-electron chi connectivity index (χ1n) is 5.49. The van der Waals surface area contributed by atoms with Gasteiger partial charge in [0.05, 0.1) is 6.42 Å². The number of hydrogen-bond donors (Lipinski definition) is 2. The third-order valence-corrected chi connectivity index (χ3v) is 2.68. The maximum absolute atomic E-state index is 11.5. The van der Waals surface area contributed by atoms with Gasteiger partial charge < -0.3 is 15.3 Å². The van der Waals surface area contributed by atoms with E-state index in [4.69, 9.17) is 5.11 Å². The number of rotatable bonds is 6. The summed E-state index contributed by atoms with van der Waals surface area (Å²) < 4.78 is 0. The van der Waals surface area contributed by atoms with E-state index in [1.807, 2.05) is 0 Å². The SMILES string of the molecule is CCC(C)(C)CNC(=O)N(C)CCC(=O)O. The van der Waals surface area contributed by atoms with E-state index >= 15 is 0 Å². The Morgan fingerprint density at radius 2 is 1.94 bits per heavy atom. The number of carbonyl (C=O) groups excluding carboxylic acids is 1. The Labute approximate surface area is 96.8 Å². The van der Waals surface area contributed by atoms with Crippen molar-refractivity contribution in [2.24, 2.45) is 5.41 Å². The van der Waals surface area contributed by atoms with Crippen LogP contribution in [0.2, 0.25) is 0 Å². The van der Waals surface area contributed by atoms with Crippen LogP contribution in [0.1, 0.15) is 33.6 Å². The van der Waals surface area contributed by atoms with Crippen LogP contribution >= 0.6 is 0 Å². The summed E-state index contributed by atoms with van der Waals surface area (Å²) in [6, 6.07) is -0.220. The van der Waals surface area contributed by atoms with Crippen molar-refractivity contribution in [3.63, 3.8) is 0 Å². The summed E-state index contributed by atoms with van der Waals surface area (Å²) in [6.07, 6.45) is 0.952. The van der Waals surface area contributed by atoms with Gasteiger partial charge in [-0.05, 0) is 11.8 Å². The molecule has 0 spiro atoms. The number of hydrogen-bond acceptors (Lipinski definition) is 2. The molecule has 2 N–H and O–H groups in total.